The second kappa shape index (κ2) is 50.0. The number of likely N-dealkylation sites (tertiary alicyclic amines) is 4. The van der Waals surface area contributed by atoms with Crippen molar-refractivity contribution < 1.29 is 114 Å². The van der Waals surface area contributed by atoms with Gasteiger partial charge in [0.2, 0.25) is 0 Å². The van der Waals surface area contributed by atoms with Gasteiger partial charge in [-0.2, -0.15) is 35.1 Å². The lowest BCUT2D eigenvalue weighted by Gasteiger charge is -2.46. The molecule has 4 aliphatic heterocycles. The molecule has 0 spiro atoms. The molecule has 4 saturated heterocycles. The van der Waals surface area contributed by atoms with Gasteiger partial charge in [-0.1, -0.05) is 174 Å². The van der Waals surface area contributed by atoms with Crippen molar-refractivity contribution in [2.75, 3.05) is 13.1 Å². The largest absolute Gasteiger partial charge is 0.481 e. The van der Waals surface area contributed by atoms with Crippen LogP contribution < -0.4 is 0 Å². The van der Waals surface area contributed by atoms with Crippen LogP contribution in [0.15, 0.2) is 97.1 Å². The number of hydrogen-bond donors (Lipinski definition) is 8. The van der Waals surface area contributed by atoms with Crippen molar-refractivity contribution in [1.29, 1.82) is 0 Å². The quantitative estimate of drug-likeness (QED) is 0.0132. The lowest BCUT2D eigenvalue weighted by Crippen LogP contribution is -2.54. The number of rotatable bonds is 43. The summed E-state index contributed by atoms with van der Waals surface area (Å²) >= 11 is 0. The minimum Gasteiger partial charge on any atom is -0.481 e. The van der Waals surface area contributed by atoms with Gasteiger partial charge in [-0.05, 0) is 165 Å². The number of alkyl halides is 8. The van der Waals surface area contributed by atoms with Crippen molar-refractivity contribution in [2.24, 2.45) is 34.5 Å². The molecule has 6 rings (SSSR count). The van der Waals surface area contributed by atoms with E-state index in [0.717, 1.165) is 40.2 Å². The molecule has 127 heavy (non-hydrogen) atoms. The Kier molecular flexibility index (Phi) is 44.1. The van der Waals surface area contributed by atoms with Gasteiger partial charge in [0.25, 0.3) is 23.6 Å². The number of carboxylic acids is 4. The molecule has 0 saturated carbocycles. The first kappa shape index (κ1) is 112. The predicted octanol–water partition coefficient (Wildman–Crippen LogP) is 18.2. The predicted molar refractivity (Wildman–Crippen MR) is 475 cm³/mol. The summed E-state index contributed by atoms with van der Waals surface area (Å²) in [6.07, 6.45) is 16.6. The van der Waals surface area contributed by atoms with Gasteiger partial charge in [-0.25, -0.2) is 9.59 Å². The molecule has 0 aromatic heterocycles. The summed E-state index contributed by atoms with van der Waals surface area (Å²) in [5, 5.41) is 76.7. The zero-order valence-corrected chi connectivity index (χ0v) is 77.3. The van der Waals surface area contributed by atoms with Crippen LogP contribution in [-0.4, -0.2) is 204 Å². The van der Waals surface area contributed by atoms with E-state index in [9.17, 15) is 99.0 Å². The normalized spacial score (nSPS) is 20.4. The highest BCUT2D eigenvalue weighted by atomic mass is 19.3. The number of hydrogen-bond acceptors (Lipinski definition) is 12. The van der Waals surface area contributed by atoms with Crippen molar-refractivity contribution in [3.63, 3.8) is 0 Å². The van der Waals surface area contributed by atoms with Crippen LogP contribution in [0.25, 0.3) is 0 Å². The number of carbonyl (C=O) groups is 8. The van der Waals surface area contributed by atoms with Crippen molar-refractivity contribution in [3.8, 4) is 47.4 Å². The minimum atomic E-state index is -3.46. The second-order valence-corrected chi connectivity index (χ2v) is 37.2. The number of nitrogens with zero attached hydrogens (tertiary/aromatic N) is 4. The molecular formula is C99H138F8N4O16. The molecule has 4 heterocycles. The summed E-state index contributed by atoms with van der Waals surface area (Å²) in [7, 11) is 0. The highest BCUT2D eigenvalue weighted by molar-refractivity contribution is 5.90. The van der Waals surface area contributed by atoms with E-state index < -0.39 is 167 Å². The minimum absolute atomic E-state index is 0.0722. The standard InChI is InChI=1S/C31H43F2NO4.C26H41F2NO4.C22H25F2NO4.C20H29F2NO4/c1-9-10-11-21(2)24(35)16-17-29(5,6)25-20-31(32,33)27(38)34(25)30(7,8)19-18-28(3,4)23-14-12-22(13-15-23)26(36)37;1-7-8-13-19(2)20(30)15-17-24(3,4)21-18-26(27,28)23(33)29(21)25(5,6)16-12-10-9-11-14-22(31)32;1-3-4-5-15(2)19(26)11-10-18-14-22(23,24)21(29)25(18)13-12-16-6-8-17(9-7-16)20(27)28;1-3-4-9-15(2)17(24)12-11-16-14-20(21,22)19(27)23(16)13-8-6-5-7-10-18(25)26/h12-17,21,24-25,35H,11,18-20H2,1-8H3,(H,36,37);15,17,19-21,30H,9-14,16,18H2,1-6H3,(H,31,32);6-11,15,18-19,26H,5,12-14H2,1-2H3,(H,27,28);11-12,15-17,24H,5-10,13-14H2,1-2H3,(H,25,26)/b17-16+;17-15+;11-10+;12-11+/t21-,24+,25?;19-,20+,21?;15-,18-,19+;15-,16-,17+/m0000/s1. The maximum atomic E-state index is 14.9. The number of carbonyl (C=O) groups excluding carboxylic acids is 4. The maximum absolute atomic E-state index is 14.9. The van der Waals surface area contributed by atoms with Crippen LogP contribution in [0.2, 0.25) is 0 Å². The molecule has 4 fully saturated rings. The molecule has 20 nitrogen and oxygen atoms in total. The first-order valence-corrected chi connectivity index (χ1v) is 43.8. The number of aliphatic hydroxyl groups is 4. The van der Waals surface area contributed by atoms with Gasteiger partial charge in [0, 0.05) is 111 Å². The molecule has 2 unspecified atom stereocenters. The average molecular weight is 1790 g/mol. The molecule has 2 aromatic carbocycles. The highest BCUT2D eigenvalue weighted by Gasteiger charge is 2.62. The number of carboxylic acid groups (broad SMARTS) is 4. The molecule has 0 aliphatic carbocycles. The van der Waals surface area contributed by atoms with E-state index in [1.807, 2.05) is 96.9 Å². The molecule has 0 bridgehead atoms. The Morgan fingerprint density at radius 1 is 0.417 bits per heavy atom. The first-order chi connectivity index (χ1) is 58.8. The molecule has 12 atom stereocenters. The molecule has 706 valence electrons. The van der Waals surface area contributed by atoms with Crippen molar-refractivity contribution in [1.82, 2.24) is 19.6 Å². The van der Waals surface area contributed by atoms with Gasteiger partial charge >= 0.3 is 47.6 Å². The molecule has 4 amide bonds. The highest BCUT2D eigenvalue weighted by Crippen LogP contribution is 2.50. The Labute approximate surface area is 746 Å². The smallest absolute Gasteiger partial charge is 0.335 e. The third-order valence-corrected chi connectivity index (χ3v) is 24.3. The van der Waals surface area contributed by atoms with Crippen molar-refractivity contribution in [2.45, 2.75) is 355 Å². The zero-order valence-electron chi connectivity index (χ0n) is 77.3. The molecule has 8 N–H and O–H groups in total. The molecular weight excluding hydrogens is 1650 g/mol. The Morgan fingerprint density at radius 3 is 1.08 bits per heavy atom. The number of unbranched alkanes of at least 4 members (excludes halogenated alkanes) is 6. The van der Waals surface area contributed by atoms with Gasteiger partial charge in [0.15, 0.2) is 0 Å². The number of aliphatic carboxylic acids is 2. The van der Waals surface area contributed by atoms with E-state index in [0.29, 0.717) is 83.5 Å². The van der Waals surface area contributed by atoms with Gasteiger partial charge in [0.1, 0.15) is 0 Å². The van der Waals surface area contributed by atoms with Crippen LogP contribution >= 0.6 is 0 Å². The van der Waals surface area contributed by atoms with Gasteiger partial charge in [-0.3, -0.25) is 28.8 Å². The van der Waals surface area contributed by atoms with E-state index in [2.05, 4.69) is 47.4 Å². The molecule has 0 radical (unpaired) electrons. The maximum Gasteiger partial charge on any atom is 0.335 e. The van der Waals surface area contributed by atoms with E-state index in [1.165, 1.54) is 46.2 Å². The van der Waals surface area contributed by atoms with E-state index >= 15 is 0 Å². The zero-order chi connectivity index (χ0) is 96.6. The number of aliphatic hydroxyl groups excluding tert-OH is 4. The Balaban J connectivity index is 0.000000440. The fraction of sp³-hybridized carbons (Fsp3) is 0.636. The van der Waals surface area contributed by atoms with Crippen LogP contribution in [-0.2, 0) is 40.6 Å². The van der Waals surface area contributed by atoms with Crippen LogP contribution in [0.4, 0.5) is 35.1 Å². The third-order valence-electron chi connectivity index (χ3n) is 24.3. The van der Waals surface area contributed by atoms with Crippen LogP contribution in [0.5, 0.6) is 0 Å². The fourth-order valence-corrected chi connectivity index (χ4v) is 15.5. The summed E-state index contributed by atoms with van der Waals surface area (Å²) in [6.45, 7) is 33.2. The van der Waals surface area contributed by atoms with E-state index in [1.54, 1.807) is 88.4 Å². The number of amides is 4. The lowest BCUT2D eigenvalue weighted by molar-refractivity contribution is -0.154. The van der Waals surface area contributed by atoms with Crippen molar-refractivity contribution in [3.05, 3.63) is 119 Å². The first-order valence-electron chi connectivity index (χ1n) is 43.8. The van der Waals surface area contributed by atoms with Gasteiger partial charge in [-0.15, -0.1) is 47.4 Å². The lowest BCUT2D eigenvalue weighted by atomic mass is 9.75. The monoisotopic (exact) mass is 1790 g/mol. The van der Waals surface area contributed by atoms with E-state index in [4.69, 9.17) is 15.3 Å². The summed E-state index contributed by atoms with van der Waals surface area (Å²) in [5.74, 6) is 0.108. The molecule has 2 aromatic rings. The Morgan fingerprint density at radius 2 is 0.732 bits per heavy atom. The topological polar surface area (TPSA) is 311 Å². The van der Waals surface area contributed by atoms with Crippen LogP contribution in [0, 0.1) is 81.9 Å². The van der Waals surface area contributed by atoms with Gasteiger partial charge < -0.3 is 60.5 Å². The number of benzene rings is 2. The number of halogens is 8. The summed E-state index contributed by atoms with van der Waals surface area (Å²) in [5.41, 5.74) is -1.58. The number of aromatic carboxylic acids is 2. The summed E-state index contributed by atoms with van der Waals surface area (Å²) < 4.78 is 115. The third kappa shape index (κ3) is 34.9. The van der Waals surface area contributed by atoms with Crippen LogP contribution in [0.1, 0.15) is 291 Å². The fourth-order valence-electron chi connectivity index (χ4n) is 15.5. The van der Waals surface area contributed by atoms with Gasteiger partial charge in [0.05, 0.1) is 47.6 Å². The Bertz CT molecular complexity index is 4360. The van der Waals surface area contributed by atoms with Crippen molar-refractivity contribution >= 4 is 47.5 Å². The van der Waals surface area contributed by atoms with Crippen LogP contribution in [0.3, 0.4) is 0 Å². The Hall–Kier alpha value is -9.32. The molecule has 4 aliphatic rings. The molecule has 28 heteroatoms. The summed E-state index contributed by atoms with van der Waals surface area (Å²) in [6, 6.07) is 9.73. The average Bonchev–Trinajstić information content (AvgIpc) is 1.59. The second-order valence-electron chi connectivity index (χ2n) is 37.2. The summed E-state index contributed by atoms with van der Waals surface area (Å²) in [4.78, 5) is 98.0. The SMILES string of the molecule is CC#CC[C@H](C)[C@H](O)/C=C/C(C)(C)C1CC(F)(F)C(=O)N1C(C)(C)CCC(C)(C)c1ccc(C(=O)O)cc1.CC#CC[C@H](C)[C@H](O)/C=C/C(C)(C)C1CC(F)(F)C(=O)N1C(C)(C)CCCCCCC(=O)O.CC#CC[C@H](C)[C@H](O)/C=C/[C@H]1CC(F)(F)C(=O)N1CCCCCCC(=O)O.CC#CC[C@H](C)[C@H](O)/C=C/[C@H]1CC(F)(F)C(=O)N1CCc1ccc(C(=O)O)cc1. The van der Waals surface area contributed by atoms with E-state index in [-0.39, 0.29) is 66.1 Å².